The molecule has 5 heteroatoms. The van der Waals surface area contributed by atoms with Crippen LogP contribution in [0.5, 0.6) is 0 Å². The number of ether oxygens (including phenoxy) is 1. The van der Waals surface area contributed by atoms with Gasteiger partial charge in [-0.2, -0.15) is 0 Å². The first kappa shape index (κ1) is 16.1. The van der Waals surface area contributed by atoms with Crippen molar-refractivity contribution in [3.8, 4) is 0 Å². The third-order valence-corrected chi connectivity index (χ3v) is 1.34. The van der Waals surface area contributed by atoms with Crippen molar-refractivity contribution in [1.29, 1.82) is 0 Å². The van der Waals surface area contributed by atoms with Gasteiger partial charge < -0.3 is 9.84 Å². The third kappa shape index (κ3) is 19.1. The lowest BCUT2D eigenvalue weighted by atomic mass is 10.3. The summed E-state index contributed by atoms with van der Waals surface area (Å²) in [6.07, 6.45) is 0.604. The molecule has 0 saturated heterocycles. The second-order valence-corrected chi connectivity index (χ2v) is 3.10. The minimum absolute atomic E-state index is 0.0764. The highest BCUT2D eigenvalue weighted by molar-refractivity contribution is 5.93. The number of aliphatic carboxylic acids is 1. The van der Waals surface area contributed by atoms with Crippen molar-refractivity contribution >= 4 is 17.7 Å². The van der Waals surface area contributed by atoms with E-state index in [1.165, 1.54) is 13.8 Å². The number of carbonyl (C=O) groups excluding carboxylic acids is 2. The molecule has 0 bridgehead atoms. The summed E-state index contributed by atoms with van der Waals surface area (Å²) in [5.41, 5.74) is 0. The van der Waals surface area contributed by atoms with Crippen LogP contribution in [-0.2, 0) is 19.1 Å². The molecule has 1 atom stereocenters. The first-order valence-corrected chi connectivity index (χ1v) is 4.68. The van der Waals surface area contributed by atoms with Gasteiger partial charge in [0.1, 0.15) is 12.2 Å². The van der Waals surface area contributed by atoms with Gasteiger partial charge in [0.05, 0.1) is 6.10 Å². The minimum atomic E-state index is -1.06. The third-order valence-electron chi connectivity index (χ3n) is 1.34. The van der Waals surface area contributed by atoms with Crippen molar-refractivity contribution in [1.82, 2.24) is 0 Å². The van der Waals surface area contributed by atoms with Crippen molar-refractivity contribution in [2.75, 3.05) is 0 Å². The molecule has 0 aromatic rings. The molecule has 0 aliphatic carbocycles. The number of hydrogen-bond donors (Lipinski definition) is 1. The highest BCUT2D eigenvalue weighted by Crippen LogP contribution is 1.94. The van der Waals surface area contributed by atoms with Gasteiger partial charge in [-0.25, -0.2) is 0 Å². The van der Waals surface area contributed by atoms with E-state index < -0.39 is 5.97 Å². The molecule has 1 unspecified atom stereocenters. The van der Waals surface area contributed by atoms with E-state index in [9.17, 15) is 14.4 Å². The lowest BCUT2D eigenvalue weighted by molar-refractivity contribution is -0.145. The normalized spacial score (nSPS) is 10.7. The Morgan fingerprint density at radius 1 is 1.27 bits per heavy atom. The van der Waals surface area contributed by atoms with Crippen LogP contribution in [0.25, 0.3) is 0 Å². The second-order valence-electron chi connectivity index (χ2n) is 3.10. The van der Waals surface area contributed by atoms with Crippen molar-refractivity contribution in [2.24, 2.45) is 0 Å². The molecule has 1 N–H and O–H groups in total. The fourth-order valence-corrected chi connectivity index (χ4v) is 0.580. The molecule has 0 aromatic carbocycles. The van der Waals surface area contributed by atoms with E-state index in [2.05, 4.69) is 0 Å². The number of carbonyl (C=O) groups is 3. The van der Waals surface area contributed by atoms with Crippen LogP contribution in [0.4, 0.5) is 0 Å². The summed E-state index contributed by atoms with van der Waals surface area (Å²) in [7, 11) is 0. The highest BCUT2D eigenvalue weighted by Gasteiger charge is 1.99. The Balaban J connectivity index is 0. The van der Waals surface area contributed by atoms with Gasteiger partial charge in [0.2, 0.25) is 0 Å². The quantitative estimate of drug-likeness (QED) is 0.569. The summed E-state index contributed by atoms with van der Waals surface area (Å²) < 4.78 is 4.76. The molecular weight excluding hydrogens is 200 g/mol. The fraction of sp³-hybridized carbons (Fsp3) is 0.700. The molecular formula is C10H18O5. The van der Waals surface area contributed by atoms with Gasteiger partial charge in [-0.15, -0.1) is 0 Å². The van der Waals surface area contributed by atoms with E-state index in [0.717, 1.165) is 6.42 Å². The Kier molecular flexibility index (Phi) is 9.82. The van der Waals surface area contributed by atoms with E-state index >= 15 is 0 Å². The number of rotatable bonds is 4. The van der Waals surface area contributed by atoms with Crippen LogP contribution in [0, 0.1) is 0 Å². The Bertz CT molecular complexity index is 210. The summed E-state index contributed by atoms with van der Waals surface area (Å²) in [6, 6.07) is 0. The average Bonchev–Trinajstić information content (AvgIpc) is 2.01. The predicted octanol–water partition coefficient (Wildman–Crippen LogP) is 1.40. The number of ketones is 1. The Hall–Kier alpha value is -1.39. The Morgan fingerprint density at radius 2 is 1.73 bits per heavy atom. The first-order valence-electron chi connectivity index (χ1n) is 4.68. The predicted molar refractivity (Wildman–Crippen MR) is 54.5 cm³/mol. The van der Waals surface area contributed by atoms with Gasteiger partial charge >= 0.3 is 11.9 Å². The number of hydrogen-bond acceptors (Lipinski definition) is 4. The maximum atomic E-state index is 10.2. The molecule has 15 heavy (non-hydrogen) atoms. The molecule has 0 amide bonds. The van der Waals surface area contributed by atoms with Crippen LogP contribution in [0.15, 0.2) is 0 Å². The Morgan fingerprint density at radius 3 is 1.80 bits per heavy atom. The molecule has 0 saturated carbocycles. The summed E-state index contributed by atoms with van der Waals surface area (Å²) in [5.74, 6) is -1.57. The molecule has 5 nitrogen and oxygen atoms in total. The van der Waals surface area contributed by atoms with Crippen molar-refractivity contribution in [2.45, 2.75) is 46.6 Å². The molecule has 0 rings (SSSR count). The zero-order valence-electron chi connectivity index (χ0n) is 9.57. The van der Waals surface area contributed by atoms with Gasteiger partial charge in [-0.1, -0.05) is 6.92 Å². The number of esters is 1. The van der Waals surface area contributed by atoms with Crippen LogP contribution in [0.3, 0.4) is 0 Å². The molecule has 0 aromatic heterocycles. The minimum Gasteiger partial charge on any atom is -0.481 e. The van der Waals surface area contributed by atoms with E-state index in [4.69, 9.17) is 9.84 Å². The maximum Gasteiger partial charge on any atom is 0.310 e. The lowest BCUT2D eigenvalue weighted by Gasteiger charge is -2.06. The molecule has 0 aliphatic rings. The zero-order chi connectivity index (χ0) is 12.4. The van der Waals surface area contributed by atoms with Crippen molar-refractivity contribution in [3.05, 3.63) is 0 Å². The Labute approximate surface area is 89.4 Å². The standard InChI is InChI=1S/C6H12O2.C4H6O3/c1-4-5(2)8-6(3)7;1-3(5)2-4(6)7/h5H,4H2,1-3H3;2H2,1H3,(H,6,7). The second kappa shape index (κ2) is 9.18. The molecule has 0 radical (unpaired) electrons. The molecule has 0 heterocycles. The van der Waals surface area contributed by atoms with Gasteiger partial charge in [0.15, 0.2) is 0 Å². The molecule has 88 valence electrons. The van der Waals surface area contributed by atoms with E-state index in [1.807, 2.05) is 13.8 Å². The van der Waals surface area contributed by atoms with Crippen LogP contribution >= 0.6 is 0 Å². The van der Waals surface area contributed by atoms with Crippen LogP contribution < -0.4 is 0 Å². The van der Waals surface area contributed by atoms with Crippen molar-refractivity contribution < 1.29 is 24.2 Å². The van der Waals surface area contributed by atoms with Crippen LogP contribution in [0.1, 0.15) is 40.5 Å². The summed E-state index contributed by atoms with van der Waals surface area (Å²) in [6.45, 7) is 6.52. The van der Waals surface area contributed by atoms with Gasteiger partial charge in [0.25, 0.3) is 0 Å². The van der Waals surface area contributed by atoms with Crippen molar-refractivity contribution in [3.63, 3.8) is 0 Å². The van der Waals surface area contributed by atoms with Gasteiger partial charge in [-0.3, -0.25) is 14.4 Å². The summed E-state index contributed by atoms with van der Waals surface area (Å²) in [4.78, 5) is 29.7. The SMILES string of the molecule is CC(=O)CC(=O)O.CCC(C)OC(C)=O. The fourth-order valence-electron chi connectivity index (χ4n) is 0.580. The number of carboxylic acid groups (broad SMARTS) is 1. The van der Waals surface area contributed by atoms with Gasteiger partial charge in [-0.05, 0) is 20.3 Å². The first-order chi connectivity index (χ1) is 6.79. The van der Waals surface area contributed by atoms with E-state index in [1.54, 1.807) is 0 Å². The molecule has 0 spiro atoms. The van der Waals surface area contributed by atoms with E-state index in [-0.39, 0.29) is 24.3 Å². The smallest absolute Gasteiger partial charge is 0.310 e. The lowest BCUT2D eigenvalue weighted by Crippen LogP contribution is -2.09. The van der Waals surface area contributed by atoms with Gasteiger partial charge in [0, 0.05) is 6.92 Å². The summed E-state index contributed by atoms with van der Waals surface area (Å²) in [5, 5.41) is 7.86. The van der Waals surface area contributed by atoms with E-state index in [0.29, 0.717) is 0 Å². The highest BCUT2D eigenvalue weighted by atomic mass is 16.5. The largest absolute Gasteiger partial charge is 0.481 e. The average molecular weight is 218 g/mol. The zero-order valence-corrected chi connectivity index (χ0v) is 9.57. The molecule has 0 fully saturated rings. The maximum absolute atomic E-state index is 10.2. The molecule has 0 aliphatic heterocycles. The monoisotopic (exact) mass is 218 g/mol. The summed E-state index contributed by atoms with van der Waals surface area (Å²) >= 11 is 0. The number of carboxylic acids is 1. The van der Waals surface area contributed by atoms with Crippen LogP contribution in [-0.4, -0.2) is 28.9 Å². The number of Topliss-reactive ketones (excluding diaryl/α,β-unsaturated/α-hetero) is 1. The topological polar surface area (TPSA) is 80.7 Å². The van der Waals surface area contributed by atoms with Crippen LogP contribution in [0.2, 0.25) is 0 Å².